The predicted octanol–water partition coefficient (Wildman–Crippen LogP) is 4.94. The second-order valence-corrected chi connectivity index (χ2v) is 11.7. The number of aromatic nitrogens is 2. The third kappa shape index (κ3) is 4.71. The van der Waals surface area contributed by atoms with Crippen LogP contribution in [0.4, 0.5) is 5.13 Å². The molecular weight excluding hydrogens is 480 g/mol. The Kier molecular flexibility index (Phi) is 6.39. The number of carbonyl (C=O) groups is 1. The largest absolute Gasteiger partial charge is 0.278 e. The number of aryl methyl sites for hydroxylation is 2. The number of anilines is 1. The first kappa shape index (κ1) is 23.6. The number of pyridine rings is 1. The van der Waals surface area contributed by atoms with Crippen LogP contribution in [0.15, 0.2) is 65.7 Å². The molecule has 5 rings (SSSR count). The maximum absolute atomic E-state index is 13.7. The van der Waals surface area contributed by atoms with E-state index in [1.165, 1.54) is 33.3 Å². The Labute approximate surface area is 209 Å². The molecule has 0 spiro atoms. The van der Waals surface area contributed by atoms with E-state index >= 15 is 0 Å². The van der Waals surface area contributed by atoms with Gasteiger partial charge in [0.25, 0.3) is 5.91 Å². The van der Waals surface area contributed by atoms with Gasteiger partial charge in [0.2, 0.25) is 10.0 Å². The van der Waals surface area contributed by atoms with Crippen molar-refractivity contribution in [3.8, 4) is 0 Å². The molecule has 1 aliphatic rings. The number of thiazole rings is 1. The molecular formula is C26H26N4O3S2. The number of amides is 1. The maximum Gasteiger partial charge on any atom is 0.260 e. The topological polar surface area (TPSA) is 83.5 Å². The van der Waals surface area contributed by atoms with Crippen molar-refractivity contribution in [3.63, 3.8) is 0 Å². The van der Waals surface area contributed by atoms with Gasteiger partial charge in [0.1, 0.15) is 0 Å². The van der Waals surface area contributed by atoms with Gasteiger partial charge in [-0.25, -0.2) is 13.4 Å². The molecule has 1 saturated heterocycles. The standard InChI is InChI=1S/C26H26N4O3S2/c1-18-15-23-24(16-19(18)2)34-26(28-23)30(17-21-7-3-4-12-27-21)25(31)20-8-10-22(11-9-20)35(32,33)29-13-5-6-14-29/h3-4,7-12,15-16H,5-6,13-14,17H2,1-2H3. The number of hydrogen-bond donors (Lipinski definition) is 0. The van der Waals surface area contributed by atoms with Gasteiger partial charge in [0.15, 0.2) is 5.13 Å². The minimum atomic E-state index is -3.54. The molecule has 0 radical (unpaired) electrons. The molecule has 2 aromatic carbocycles. The van der Waals surface area contributed by atoms with Crippen molar-refractivity contribution >= 4 is 42.6 Å². The lowest BCUT2D eigenvalue weighted by Crippen LogP contribution is -2.31. The summed E-state index contributed by atoms with van der Waals surface area (Å²) in [6, 6.07) is 15.9. The van der Waals surface area contributed by atoms with Crippen LogP contribution in [0.25, 0.3) is 10.2 Å². The predicted molar refractivity (Wildman–Crippen MR) is 138 cm³/mol. The highest BCUT2D eigenvalue weighted by Gasteiger charge is 2.28. The third-order valence-electron chi connectivity index (χ3n) is 6.32. The zero-order valence-corrected chi connectivity index (χ0v) is 21.3. The van der Waals surface area contributed by atoms with E-state index in [0.29, 0.717) is 23.8 Å². The van der Waals surface area contributed by atoms with Gasteiger partial charge in [0, 0.05) is 24.8 Å². The van der Waals surface area contributed by atoms with E-state index in [2.05, 4.69) is 18.0 Å². The normalized spacial score (nSPS) is 14.5. The van der Waals surface area contributed by atoms with E-state index in [4.69, 9.17) is 4.98 Å². The summed E-state index contributed by atoms with van der Waals surface area (Å²) in [6.07, 6.45) is 3.44. The summed E-state index contributed by atoms with van der Waals surface area (Å²) in [5.41, 5.74) is 4.30. The maximum atomic E-state index is 13.7. The SMILES string of the molecule is Cc1cc2nc(N(Cc3ccccn3)C(=O)c3ccc(S(=O)(=O)N4CCCC4)cc3)sc2cc1C. The van der Waals surface area contributed by atoms with Gasteiger partial charge in [-0.15, -0.1) is 0 Å². The second-order valence-electron chi connectivity index (χ2n) is 8.75. The van der Waals surface area contributed by atoms with Crippen LogP contribution >= 0.6 is 11.3 Å². The monoisotopic (exact) mass is 506 g/mol. The molecule has 4 aromatic rings. The Bertz CT molecular complexity index is 1440. The molecule has 0 atom stereocenters. The van der Waals surface area contributed by atoms with E-state index in [9.17, 15) is 13.2 Å². The molecule has 0 unspecified atom stereocenters. The quantitative estimate of drug-likeness (QED) is 0.370. The van der Waals surface area contributed by atoms with Crippen molar-refractivity contribution in [1.29, 1.82) is 0 Å². The van der Waals surface area contributed by atoms with Crippen molar-refractivity contribution in [2.45, 2.75) is 38.1 Å². The van der Waals surface area contributed by atoms with Gasteiger partial charge in [-0.1, -0.05) is 17.4 Å². The molecule has 9 heteroatoms. The highest BCUT2D eigenvalue weighted by atomic mass is 32.2. The second kappa shape index (κ2) is 9.49. The summed E-state index contributed by atoms with van der Waals surface area (Å²) in [4.78, 5) is 24.7. The zero-order valence-electron chi connectivity index (χ0n) is 19.6. The average molecular weight is 507 g/mol. The fourth-order valence-corrected chi connectivity index (χ4v) is 6.73. The fourth-order valence-electron chi connectivity index (χ4n) is 4.17. The Morgan fingerprint density at radius 1 is 1.03 bits per heavy atom. The molecule has 1 amide bonds. The Morgan fingerprint density at radius 2 is 1.74 bits per heavy atom. The summed E-state index contributed by atoms with van der Waals surface area (Å²) >= 11 is 1.46. The molecule has 3 heterocycles. The lowest BCUT2D eigenvalue weighted by molar-refractivity contribution is 0.0984. The number of nitrogens with zero attached hydrogens (tertiary/aromatic N) is 4. The minimum Gasteiger partial charge on any atom is -0.278 e. The molecule has 0 bridgehead atoms. The molecule has 1 aliphatic heterocycles. The van der Waals surface area contributed by atoms with Gasteiger partial charge in [-0.2, -0.15) is 4.31 Å². The lowest BCUT2D eigenvalue weighted by atomic mass is 10.1. The van der Waals surface area contributed by atoms with Crippen LogP contribution in [0.5, 0.6) is 0 Å². The van der Waals surface area contributed by atoms with Crippen LogP contribution in [0.3, 0.4) is 0 Å². The molecule has 180 valence electrons. The molecule has 7 nitrogen and oxygen atoms in total. The molecule has 0 saturated carbocycles. The number of benzene rings is 2. The third-order valence-corrected chi connectivity index (χ3v) is 9.27. The first-order chi connectivity index (χ1) is 16.8. The van der Waals surface area contributed by atoms with Crippen LogP contribution in [0.1, 0.15) is 40.0 Å². The number of carbonyl (C=O) groups excluding carboxylic acids is 1. The van der Waals surface area contributed by atoms with Crippen molar-refractivity contribution < 1.29 is 13.2 Å². The summed E-state index contributed by atoms with van der Waals surface area (Å²) in [7, 11) is -3.54. The zero-order chi connectivity index (χ0) is 24.6. The van der Waals surface area contributed by atoms with Crippen LogP contribution in [0.2, 0.25) is 0 Å². The summed E-state index contributed by atoms with van der Waals surface area (Å²) in [5.74, 6) is -0.256. The minimum absolute atomic E-state index is 0.207. The van der Waals surface area contributed by atoms with Gasteiger partial charge < -0.3 is 0 Å². The summed E-state index contributed by atoms with van der Waals surface area (Å²) in [6.45, 7) is 5.44. The average Bonchev–Trinajstić information content (AvgIpc) is 3.54. The number of rotatable bonds is 6. The van der Waals surface area contributed by atoms with Crippen molar-refractivity contribution in [3.05, 3.63) is 83.2 Å². The van der Waals surface area contributed by atoms with E-state index in [0.717, 1.165) is 34.3 Å². The number of hydrogen-bond acceptors (Lipinski definition) is 6. The number of fused-ring (bicyclic) bond motifs is 1. The number of sulfonamides is 1. The van der Waals surface area contributed by atoms with Crippen molar-refractivity contribution in [2.75, 3.05) is 18.0 Å². The van der Waals surface area contributed by atoms with Gasteiger partial charge in [-0.05, 0) is 86.3 Å². The van der Waals surface area contributed by atoms with Gasteiger partial charge >= 0.3 is 0 Å². The Balaban J connectivity index is 1.49. The molecule has 0 N–H and O–H groups in total. The lowest BCUT2D eigenvalue weighted by Gasteiger charge is -2.20. The highest BCUT2D eigenvalue weighted by molar-refractivity contribution is 7.89. The first-order valence-electron chi connectivity index (χ1n) is 11.5. The summed E-state index contributed by atoms with van der Waals surface area (Å²) in [5, 5.41) is 0.578. The van der Waals surface area contributed by atoms with Crippen LogP contribution < -0.4 is 4.90 Å². The first-order valence-corrected chi connectivity index (χ1v) is 13.8. The van der Waals surface area contributed by atoms with E-state index in [1.54, 1.807) is 23.2 Å². The Morgan fingerprint density at radius 3 is 2.43 bits per heavy atom. The molecule has 35 heavy (non-hydrogen) atoms. The van der Waals surface area contributed by atoms with E-state index in [-0.39, 0.29) is 17.3 Å². The van der Waals surface area contributed by atoms with Crippen LogP contribution in [0, 0.1) is 13.8 Å². The molecule has 0 aliphatic carbocycles. The smallest absolute Gasteiger partial charge is 0.260 e. The van der Waals surface area contributed by atoms with Crippen molar-refractivity contribution in [2.24, 2.45) is 0 Å². The highest BCUT2D eigenvalue weighted by Crippen LogP contribution is 2.32. The Hall–Kier alpha value is -3.14. The molecule has 1 fully saturated rings. The fraction of sp³-hybridized carbons (Fsp3) is 0.269. The van der Waals surface area contributed by atoms with E-state index < -0.39 is 10.0 Å². The van der Waals surface area contributed by atoms with E-state index in [1.807, 2.05) is 31.2 Å². The van der Waals surface area contributed by atoms with Gasteiger partial charge in [0.05, 0.1) is 27.4 Å². The molecule has 2 aromatic heterocycles. The van der Waals surface area contributed by atoms with Gasteiger partial charge in [-0.3, -0.25) is 14.7 Å². The summed E-state index contributed by atoms with van der Waals surface area (Å²) < 4.78 is 28.3. The van der Waals surface area contributed by atoms with Crippen LogP contribution in [-0.2, 0) is 16.6 Å². The van der Waals surface area contributed by atoms with Crippen molar-refractivity contribution in [1.82, 2.24) is 14.3 Å². The van der Waals surface area contributed by atoms with Crippen LogP contribution in [-0.4, -0.2) is 41.7 Å².